The van der Waals surface area contributed by atoms with Crippen molar-refractivity contribution >= 4 is 12.4 Å². The lowest BCUT2D eigenvalue weighted by atomic mass is 9.69. The molecule has 1 aromatic carbocycles. The zero-order valence-corrected chi connectivity index (χ0v) is 21.9. The standard InChI is InChI=1S/C26H42N2O3.ClH/c1-9-11-12-14-22(10-2)28(5)16-13-15-26(19-27,20(3)4)21-17-23(29-6)25(31-8)24(18-21)30-7;/h10,17-18,20,22H,2,9,11-16H2,1,3-8H3;1H. The van der Waals surface area contributed by atoms with Crippen LogP contribution in [0.2, 0.25) is 0 Å². The molecule has 0 heterocycles. The molecule has 0 saturated heterocycles. The maximum absolute atomic E-state index is 10.3. The molecule has 0 N–H and O–H groups in total. The minimum Gasteiger partial charge on any atom is -0.493 e. The van der Waals surface area contributed by atoms with Gasteiger partial charge >= 0.3 is 0 Å². The molecule has 0 bridgehead atoms. The number of likely N-dealkylation sites (N-methyl/N-ethyl adjacent to an activating group) is 1. The Kier molecular flexibility index (Phi) is 14.1. The van der Waals surface area contributed by atoms with Gasteiger partial charge < -0.3 is 14.2 Å². The SMILES string of the molecule is C=CC(CCCCC)N(C)CCCC(C#N)(c1cc(OC)c(OC)c(OC)c1)C(C)C.Cl. The number of hydrogen-bond acceptors (Lipinski definition) is 5. The Morgan fingerprint density at radius 1 is 1.09 bits per heavy atom. The molecule has 5 nitrogen and oxygen atoms in total. The molecular weight excluding hydrogens is 424 g/mol. The predicted octanol–water partition coefficient (Wildman–Crippen LogP) is 6.40. The fraction of sp³-hybridized carbons (Fsp3) is 0.654. The summed E-state index contributed by atoms with van der Waals surface area (Å²) >= 11 is 0. The Hall–Kier alpha value is -1.90. The van der Waals surface area contributed by atoms with E-state index in [9.17, 15) is 5.26 Å². The molecule has 182 valence electrons. The molecule has 2 unspecified atom stereocenters. The maximum Gasteiger partial charge on any atom is 0.203 e. The lowest BCUT2D eigenvalue weighted by Gasteiger charge is -2.33. The Labute approximate surface area is 202 Å². The lowest BCUT2D eigenvalue weighted by molar-refractivity contribution is 0.245. The topological polar surface area (TPSA) is 54.7 Å². The van der Waals surface area contributed by atoms with Gasteiger partial charge in [0, 0.05) is 6.04 Å². The Bertz CT molecular complexity index is 707. The second-order valence-electron chi connectivity index (χ2n) is 8.53. The number of nitrogens with zero attached hydrogens (tertiary/aromatic N) is 2. The molecular formula is C26H43ClN2O3. The number of halogens is 1. The predicted molar refractivity (Wildman–Crippen MR) is 135 cm³/mol. The minimum atomic E-state index is -0.639. The zero-order chi connectivity index (χ0) is 23.4. The minimum absolute atomic E-state index is 0. The van der Waals surface area contributed by atoms with Gasteiger partial charge in [0.15, 0.2) is 11.5 Å². The molecule has 0 radical (unpaired) electrons. The highest BCUT2D eigenvalue weighted by atomic mass is 35.5. The van der Waals surface area contributed by atoms with Crippen LogP contribution < -0.4 is 14.2 Å². The van der Waals surface area contributed by atoms with Crippen LogP contribution >= 0.6 is 12.4 Å². The van der Waals surface area contributed by atoms with E-state index >= 15 is 0 Å². The highest BCUT2D eigenvalue weighted by Gasteiger charge is 2.37. The van der Waals surface area contributed by atoms with Crippen molar-refractivity contribution < 1.29 is 14.2 Å². The first-order chi connectivity index (χ1) is 14.8. The Balaban J connectivity index is 0.00000961. The van der Waals surface area contributed by atoms with E-state index < -0.39 is 5.41 Å². The van der Waals surface area contributed by atoms with Crippen molar-refractivity contribution in [2.75, 3.05) is 34.9 Å². The number of benzene rings is 1. The number of unbranched alkanes of at least 4 members (excludes halogenated alkanes) is 2. The molecule has 0 spiro atoms. The summed E-state index contributed by atoms with van der Waals surface area (Å²) in [6, 6.07) is 6.86. The van der Waals surface area contributed by atoms with Crippen LogP contribution in [0.1, 0.15) is 64.9 Å². The lowest BCUT2D eigenvalue weighted by Crippen LogP contribution is -2.34. The second-order valence-corrected chi connectivity index (χ2v) is 8.53. The monoisotopic (exact) mass is 466 g/mol. The summed E-state index contributed by atoms with van der Waals surface area (Å²) in [4.78, 5) is 2.36. The highest BCUT2D eigenvalue weighted by Crippen LogP contribution is 2.45. The van der Waals surface area contributed by atoms with Crippen molar-refractivity contribution in [3.05, 3.63) is 30.4 Å². The average Bonchev–Trinajstić information content (AvgIpc) is 2.78. The average molecular weight is 467 g/mol. The quantitative estimate of drug-likeness (QED) is 0.221. The maximum atomic E-state index is 10.3. The van der Waals surface area contributed by atoms with Gasteiger partial charge in [-0.3, -0.25) is 4.90 Å². The number of ether oxygens (including phenoxy) is 3. The first kappa shape index (κ1) is 30.1. The van der Waals surface area contributed by atoms with Crippen molar-refractivity contribution in [3.8, 4) is 23.3 Å². The van der Waals surface area contributed by atoms with Crippen molar-refractivity contribution in [3.63, 3.8) is 0 Å². The summed E-state index contributed by atoms with van der Waals surface area (Å²) in [5, 5.41) is 10.3. The van der Waals surface area contributed by atoms with E-state index in [0.29, 0.717) is 23.3 Å². The molecule has 6 heteroatoms. The molecule has 0 fully saturated rings. The fourth-order valence-corrected chi connectivity index (χ4v) is 4.25. The van der Waals surface area contributed by atoms with Gasteiger partial charge in [0.2, 0.25) is 5.75 Å². The molecule has 2 atom stereocenters. The molecule has 32 heavy (non-hydrogen) atoms. The van der Waals surface area contributed by atoms with Gasteiger partial charge in [-0.15, -0.1) is 19.0 Å². The summed E-state index contributed by atoms with van der Waals surface area (Å²) in [6.07, 6.45) is 8.55. The fourth-order valence-electron chi connectivity index (χ4n) is 4.25. The first-order valence-electron chi connectivity index (χ1n) is 11.4. The molecule has 0 aromatic heterocycles. The van der Waals surface area contributed by atoms with Crippen LogP contribution in [0.4, 0.5) is 0 Å². The number of nitriles is 1. The second kappa shape index (κ2) is 15.0. The van der Waals surface area contributed by atoms with Gasteiger partial charge in [-0.1, -0.05) is 46.1 Å². The summed E-state index contributed by atoms with van der Waals surface area (Å²) in [6.45, 7) is 11.4. The summed E-state index contributed by atoms with van der Waals surface area (Å²) < 4.78 is 16.5. The first-order valence-corrected chi connectivity index (χ1v) is 11.4. The Morgan fingerprint density at radius 3 is 2.09 bits per heavy atom. The van der Waals surface area contributed by atoms with Crippen LogP contribution in [0.3, 0.4) is 0 Å². The highest BCUT2D eigenvalue weighted by molar-refractivity contribution is 5.85. The number of rotatable bonds is 15. The normalized spacial score (nSPS) is 13.6. The number of methoxy groups -OCH3 is 3. The third-order valence-corrected chi connectivity index (χ3v) is 6.39. The molecule has 1 rings (SSSR count). The molecule has 0 saturated carbocycles. The summed E-state index contributed by atoms with van der Waals surface area (Å²) in [5.74, 6) is 1.84. The van der Waals surface area contributed by atoms with E-state index in [-0.39, 0.29) is 18.3 Å². The zero-order valence-electron chi connectivity index (χ0n) is 21.1. The van der Waals surface area contributed by atoms with Crippen LogP contribution in [-0.4, -0.2) is 45.9 Å². The van der Waals surface area contributed by atoms with Gasteiger partial charge in [-0.2, -0.15) is 5.26 Å². The summed E-state index contributed by atoms with van der Waals surface area (Å²) in [5.41, 5.74) is 0.268. The van der Waals surface area contributed by atoms with Gasteiger partial charge in [-0.25, -0.2) is 0 Å². The molecule has 0 aliphatic rings. The number of hydrogen-bond donors (Lipinski definition) is 0. The van der Waals surface area contributed by atoms with Crippen molar-refractivity contribution in [1.82, 2.24) is 4.90 Å². The van der Waals surface area contributed by atoms with Gasteiger partial charge in [0.25, 0.3) is 0 Å². The summed E-state index contributed by atoms with van der Waals surface area (Å²) in [7, 11) is 6.95. The largest absolute Gasteiger partial charge is 0.493 e. The van der Waals surface area contributed by atoms with E-state index in [2.05, 4.69) is 51.4 Å². The van der Waals surface area contributed by atoms with Crippen LogP contribution in [0.15, 0.2) is 24.8 Å². The van der Waals surface area contributed by atoms with E-state index in [1.54, 1.807) is 21.3 Å². The third kappa shape index (κ3) is 7.32. The van der Waals surface area contributed by atoms with Crippen LogP contribution in [0.25, 0.3) is 0 Å². The van der Waals surface area contributed by atoms with Crippen LogP contribution in [0, 0.1) is 17.2 Å². The molecule has 0 aliphatic heterocycles. The molecule has 0 aliphatic carbocycles. The van der Waals surface area contributed by atoms with Crippen molar-refractivity contribution in [2.45, 2.75) is 70.8 Å². The van der Waals surface area contributed by atoms with E-state index in [4.69, 9.17) is 14.2 Å². The van der Waals surface area contributed by atoms with Crippen molar-refractivity contribution in [1.29, 1.82) is 5.26 Å². The van der Waals surface area contributed by atoms with Crippen LogP contribution in [0.5, 0.6) is 17.2 Å². The van der Waals surface area contributed by atoms with Gasteiger partial charge in [0.1, 0.15) is 0 Å². The van der Waals surface area contributed by atoms with Crippen LogP contribution in [-0.2, 0) is 5.41 Å². The van der Waals surface area contributed by atoms with E-state index in [1.165, 1.54) is 19.3 Å². The third-order valence-electron chi connectivity index (χ3n) is 6.39. The Morgan fingerprint density at radius 2 is 1.69 bits per heavy atom. The van der Waals surface area contributed by atoms with Gasteiger partial charge in [0.05, 0.1) is 32.8 Å². The van der Waals surface area contributed by atoms with Crippen molar-refractivity contribution in [2.24, 2.45) is 5.92 Å². The molecule has 1 aromatic rings. The van der Waals surface area contributed by atoms with E-state index in [0.717, 1.165) is 31.4 Å². The molecule has 0 amide bonds. The smallest absolute Gasteiger partial charge is 0.203 e. The van der Waals surface area contributed by atoms with Gasteiger partial charge in [-0.05, 0) is 56.5 Å². The van der Waals surface area contributed by atoms with E-state index in [1.807, 2.05) is 12.1 Å².